The molecule has 1 heterocycles. The van der Waals surface area contributed by atoms with E-state index >= 15 is 0 Å². The quantitative estimate of drug-likeness (QED) is 0.864. The van der Waals surface area contributed by atoms with E-state index in [0.29, 0.717) is 22.8 Å². The molecule has 3 nitrogen and oxygen atoms in total. The van der Waals surface area contributed by atoms with E-state index in [1.165, 1.54) is 13.2 Å². The van der Waals surface area contributed by atoms with Crippen molar-refractivity contribution in [2.75, 3.05) is 26.7 Å². The zero-order chi connectivity index (χ0) is 12.3. The van der Waals surface area contributed by atoms with E-state index in [9.17, 15) is 4.39 Å². The van der Waals surface area contributed by atoms with Gasteiger partial charge in [0, 0.05) is 25.7 Å². The minimum Gasteiger partial charge on any atom is -0.495 e. The average Bonchev–Trinajstić information content (AvgIpc) is 2.34. The van der Waals surface area contributed by atoms with Gasteiger partial charge in [0.1, 0.15) is 11.6 Å². The highest BCUT2D eigenvalue weighted by Crippen LogP contribution is 2.28. The lowest BCUT2D eigenvalue weighted by Gasteiger charge is -2.24. The smallest absolute Gasteiger partial charge is 0.137 e. The number of piperazine rings is 1. The van der Waals surface area contributed by atoms with E-state index in [1.807, 2.05) is 0 Å². The van der Waals surface area contributed by atoms with Crippen LogP contribution in [-0.4, -0.2) is 32.8 Å². The molecule has 0 amide bonds. The summed E-state index contributed by atoms with van der Waals surface area (Å²) in [5, 5.41) is 6.92. The highest BCUT2D eigenvalue weighted by molar-refractivity contribution is 6.32. The predicted octanol–water partition coefficient (Wildman–Crippen LogP) is 1.59. The van der Waals surface area contributed by atoms with E-state index < -0.39 is 0 Å². The van der Waals surface area contributed by atoms with Crippen LogP contribution in [0.1, 0.15) is 5.56 Å². The molecule has 1 unspecified atom stereocenters. The molecule has 2 N–H and O–H groups in total. The van der Waals surface area contributed by atoms with Gasteiger partial charge in [-0.05, 0) is 24.1 Å². The molecule has 1 atom stereocenters. The van der Waals surface area contributed by atoms with Crippen LogP contribution in [0.4, 0.5) is 4.39 Å². The Balaban J connectivity index is 2.13. The Morgan fingerprint density at radius 3 is 2.94 bits per heavy atom. The van der Waals surface area contributed by atoms with Gasteiger partial charge in [0.25, 0.3) is 0 Å². The fourth-order valence-corrected chi connectivity index (χ4v) is 2.23. The molecule has 0 bridgehead atoms. The topological polar surface area (TPSA) is 33.3 Å². The van der Waals surface area contributed by atoms with Gasteiger partial charge < -0.3 is 15.4 Å². The van der Waals surface area contributed by atoms with E-state index in [4.69, 9.17) is 16.3 Å². The first-order valence-electron chi connectivity index (χ1n) is 5.66. The largest absolute Gasteiger partial charge is 0.495 e. The summed E-state index contributed by atoms with van der Waals surface area (Å²) in [7, 11) is 1.53. The maximum atomic E-state index is 13.7. The van der Waals surface area contributed by atoms with Gasteiger partial charge in [-0.2, -0.15) is 0 Å². The Morgan fingerprint density at radius 1 is 1.47 bits per heavy atom. The number of halogens is 2. The molecule has 1 aromatic rings. The molecule has 94 valence electrons. The normalized spacial score (nSPS) is 20.3. The first kappa shape index (κ1) is 12.6. The van der Waals surface area contributed by atoms with E-state index in [-0.39, 0.29) is 11.9 Å². The number of hydrogen-bond donors (Lipinski definition) is 2. The third-order valence-corrected chi connectivity index (χ3v) is 3.21. The summed E-state index contributed by atoms with van der Waals surface area (Å²) in [6.07, 6.45) is 0.631. The summed E-state index contributed by atoms with van der Waals surface area (Å²) in [6, 6.07) is 3.24. The van der Waals surface area contributed by atoms with Crippen molar-refractivity contribution in [1.29, 1.82) is 0 Å². The van der Waals surface area contributed by atoms with Crippen LogP contribution in [0.15, 0.2) is 12.1 Å². The molecule has 0 saturated carbocycles. The molecular formula is C12H16ClFN2O. The summed E-state index contributed by atoms with van der Waals surface area (Å²) >= 11 is 5.85. The first-order valence-corrected chi connectivity index (χ1v) is 6.04. The monoisotopic (exact) mass is 258 g/mol. The third kappa shape index (κ3) is 3.09. The lowest BCUT2D eigenvalue weighted by atomic mass is 10.0. The maximum absolute atomic E-state index is 13.7. The van der Waals surface area contributed by atoms with E-state index in [0.717, 1.165) is 19.6 Å². The van der Waals surface area contributed by atoms with Gasteiger partial charge in [-0.1, -0.05) is 11.6 Å². The highest BCUT2D eigenvalue weighted by atomic mass is 35.5. The summed E-state index contributed by atoms with van der Waals surface area (Å²) in [4.78, 5) is 0. The van der Waals surface area contributed by atoms with Crippen molar-refractivity contribution < 1.29 is 9.13 Å². The number of ether oxygens (including phenoxy) is 1. The zero-order valence-corrected chi connectivity index (χ0v) is 10.5. The van der Waals surface area contributed by atoms with Gasteiger partial charge in [-0.25, -0.2) is 4.39 Å². The average molecular weight is 259 g/mol. The van der Waals surface area contributed by atoms with Crippen LogP contribution in [0.25, 0.3) is 0 Å². The molecule has 1 saturated heterocycles. The summed E-state index contributed by atoms with van der Waals surface area (Å²) in [5.74, 6) is 0.245. The number of nitrogens with one attached hydrogen (secondary N) is 2. The van der Waals surface area contributed by atoms with Crippen molar-refractivity contribution in [2.24, 2.45) is 0 Å². The second-order valence-electron chi connectivity index (χ2n) is 4.14. The van der Waals surface area contributed by atoms with Crippen LogP contribution in [0, 0.1) is 5.82 Å². The van der Waals surface area contributed by atoms with Crippen molar-refractivity contribution in [1.82, 2.24) is 10.6 Å². The van der Waals surface area contributed by atoms with Gasteiger partial charge in [0.05, 0.1) is 12.1 Å². The Labute approximate surface area is 105 Å². The first-order chi connectivity index (χ1) is 8.20. The van der Waals surface area contributed by atoms with Crippen LogP contribution < -0.4 is 15.4 Å². The van der Waals surface area contributed by atoms with Crippen molar-refractivity contribution in [2.45, 2.75) is 12.5 Å². The van der Waals surface area contributed by atoms with Gasteiger partial charge in [0.15, 0.2) is 0 Å². The van der Waals surface area contributed by atoms with Gasteiger partial charge in [0.2, 0.25) is 0 Å². The number of rotatable bonds is 3. The maximum Gasteiger partial charge on any atom is 0.137 e. The van der Waals surface area contributed by atoms with Gasteiger partial charge >= 0.3 is 0 Å². The molecule has 0 aromatic heterocycles. The van der Waals surface area contributed by atoms with Crippen LogP contribution in [0.2, 0.25) is 5.02 Å². The number of methoxy groups -OCH3 is 1. The third-order valence-electron chi connectivity index (χ3n) is 2.91. The second-order valence-corrected chi connectivity index (χ2v) is 4.54. The van der Waals surface area contributed by atoms with Crippen molar-refractivity contribution in [3.05, 3.63) is 28.5 Å². The van der Waals surface area contributed by atoms with E-state index in [1.54, 1.807) is 6.07 Å². The molecule has 5 heteroatoms. The number of benzene rings is 1. The number of hydrogen-bond acceptors (Lipinski definition) is 3. The van der Waals surface area contributed by atoms with Crippen molar-refractivity contribution in [3.8, 4) is 5.75 Å². The molecule has 0 aliphatic carbocycles. The molecule has 1 aliphatic heterocycles. The highest BCUT2D eigenvalue weighted by Gasteiger charge is 2.16. The van der Waals surface area contributed by atoms with Gasteiger partial charge in [-0.3, -0.25) is 0 Å². The van der Waals surface area contributed by atoms with Crippen LogP contribution in [0.5, 0.6) is 5.75 Å². The van der Waals surface area contributed by atoms with Crippen LogP contribution in [0.3, 0.4) is 0 Å². The Morgan fingerprint density at radius 2 is 2.29 bits per heavy atom. The van der Waals surface area contributed by atoms with Crippen LogP contribution >= 0.6 is 11.6 Å². The molecule has 0 spiro atoms. The molecule has 1 aromatic carbocycles. The SMILES string of the molecule is COc1cc(CC2CNCCN2)c(F)cc1Cl. The minimum atomic E-state index is -0.275. The minimum absolute atomic E-state index is 0.254. The fourth-order valence-electron chi connectivity index (χ4n) is 2.01. The van der Waals surface area contributed by atoms with Crippen molar-refractivity contribution in [3.63, 3.8) is 0 Å². The summed E-state index contributed by atoms with van der Waals surface area (Å²) in [5.41, 5.74) is 0.632. The molecular weight excluding hydrogens is 243 g/mol. The van der Waals surface area contributed by atoms with Gasteiger partial charge in [-0.15, -0.1) is 0 Å². The Hall–Kier alpha value is -0.840. The second kappa shape index (κ2) is 5.67. The van der Waals surface area contributed by atoms with Crippen LogP contribution in [-0.2, 0) is 6.42 Å². The fraction of sp³-hybridized carbons (Fsp3) is 0.500. The van der Waals surface area contributed by atoms with Crippen molar-refractivity contribution >= 4 is 11.6 Å². The lowest BCUT2D eigenvalue weighted by molar-refractivity contribution is 0.403. The Kier molecular flexibility index (Phi) is 4.20. The molecule has 2 rings (SSSR count). The lowest BCUT2D eigenvalue weighted by Crippen LogP contribution is -2.49. The summed E-state index contributed by atoms with van der Waals surface area (Å²) in [6.45, 7) is 2.73. The standard InChI is InChI=1S/C12H16ClFN2O/c1-17-12-5-8(11(14)6-10(12)13)4-9-7-15-2-3-16-9/h5-6,9,15-16H,2-4,7H2,1H3. The molecule has 1 fully saturated rings. The molecule has 1 aliphatic rings. The molecule has 17 heavy (non-hydrogen) atoms. The zero-order valence-electron chi connectivity index (χ0n) is 9.72. The predicted molar refractivity (Wildman–Crippen MR) is 66.3 cm³/mol. The van der Waals surface area contributed by atoms with E-state index in [2.05, 4.69) is 10.6 Å². The summed E-state index contributed by atoms with van der Waals surface area (Å²) < 4.78 is 18.8. The Bertz CT molecular complexity index is 394. The molecule has 0 radical (unpaired) electrons.